The van der Waals surface area contributed by atoms with Crippen LogP contribution < -0.4 is 5.73 Å². The van der Waals surface area contributed by atoms with Gasteiger partial charge in [-0.05, 0) is 18.2 Å². The second-order valence-corrected chi connectivity index (χ2v) is 3.06. The number of hydrogen-bond acceptors (Lipinski definition) is 4. The average Bonchev–Trinajstić information content (AvgIpc) is 2.23. The smallest absolute Gasteiger partial charge is 0.355 e. The van der Waals surface area contributed by atoms with Gasteiger partial charge in [0.15, 0.2) is 5.69 Å². The first kappa shape index (κ1) is 9.26. The molecule has 0 radical (unpaired) electrons. The topological polar surface area (TPSA) is 96.4 Å². The molecule has 5 heteroatoms. The summed E-state index contributed by atoms with van der Waals surface area (Å²) in [5, 5.41) is 19.1. The summed E-state index contributed by atoms with van der Waals surface area (Å²) in [4.78, 5) is 14.6. The molecule has 0 atom stereocenters. The molecule has 0 fully saturated rings. The molecule has 0 aliphatic rings. The van der Waals surface area contributed by atoms with Gasteiger partial charge in [-0.2, -0.15) is 0 Å². The highest BCUT2D eigenvalue weighted by atomic mass is 16.4. The van der Waals surface area contributed by atoms with Crippen LogP contribution in [0.1, 0.15) is 10.5 Å². The Morgan fingerprint density at radius 1 is 1.27 bits per heavy atom. The van der Waals surface area contributed by atoms with Gasteiger partial charge in [0.25, 0.3) is 0 Å². The van der Waals surface area contributed by atoms with Crippen molar-refractivity contribution in [1.82, 2.24) is 4.98 Å². The highest BCUT2D eigenvalue weighted by Crippen LogP contribution is 2.30. The van der Waals surface area contributed by atoms with Crippen molar-refractivity contribution in [2.24, 2.45) is 0 Å². The summed E-state index contributed by atoms with van der Waals surface area (Å²) in [5.74, 6) is -1.18. The van der Waals surface area contributed by atoms with Crippen LogP contribution in [0.3, 0.4) is 0 Å². The van der Waals surface area contributed by atoms with Crippen molar-refractivity contribution < 1.29 is 15.0 Å². The molecule has 4 N–H and O–H groups in total. The van der Waals surface area contributed by atoms with Gasteiger partial charge in [-0.25, -0.2) is 9.78 Å². The first-order chi connectivity index (χ1) is 7.11. The number of nitrogen functional groups attached to an aromatic ring is 1. The Labute approximate surface area is 84.8 Å². The van der Waals surface area contributed by atoms with Crippen LogP contribution in [0.25, 0.3) is 10.8 Å². The van der Waals surface area contributed by atoms with E-state index in [2.05, 4.69) is 4.98 Å². The zero-order valence-corrected chi connectivity index (χ0v) is 7.64. The third kappa shape index (κ3) is 1.34. The maximum Gasteiger partial charge on any atom is 0.355 e. The van der Waals surface area contributed by atoms with Crippen LogP contribution >= 0.6 is 0 Å². The molecule has 0 spiro atoms. The van der Waals surface area contributed by atoms with Crippen LogP contribution in [0.15, 0.2) is 24.4 Å². The number of anilines is 1. The molecule has 1 aromatic heterocycles. The summed E-state index contributed by atoms with van der Waals surface area (Å²) in [6.07, 6.45) is 1.35. The van der Waals surface area contributed by atoms with Gasteiger partial charge in [0.05, 0.1) is 5.69 Å². The van der Waals surface area contributed by atoms with Gasteiger partial charge in [-0.1, -0.05) is 0 Å². The molecule has 0 unspecified atom stereocenters. The Balaban J connectivity index is 2.89. The number of aromatic carboxylic acids is 1. The zero-order chi connectivity index (χ0) is 11.0. The van der Waals surface area contributed by atoms with Crippen molar-refractivity contribution in [2.75, 3.05) is 5.73 Å². The highest BCUT2D eigenvalue weighted by molar-refractivity contribution is 6.06. The van der Waals surface area contributed by atoms with Crippen LogP contribution in [-0.2, 0) is 0 Å². The molecule has 2 aromatic rings. The molecule has 2 rings (SSSR count). The second-order valence-electron chi connectivity index (χ2n) is 3.06. The Hall–Kier alpha value is -2.30. The van der Waals surface area contributed by atoms with E-state index in [1.54, 1.807) is 6.07 Å². The standard InChI is InChI=1S/C10H8N2O3/c11-8-5-3-4-12-9(10(14)15)6(5)1-2-7(8)13/h1-4,13H,11H2,(H,14,15). The van der Waals surface area contributed by atoms with E-state index in [1.165, 1.54) is 18.3 Å². The third-order valence-electron chi connectivity index (χ3n) is 2.17. The zero-order valence-electron chi connectivity index (χ0n) is 7.64. The minimum atomic E-state index is -1.12. The summed E-state index contributed by atoms with van der Waals surface area (Å²) in [6.45, 7) is 0. The number of aromatic hydroxyl groups is 1. The Morgan fingerprint density at radius 2 is 2.00 bits per heavy atom. The lowest BCUT2D eigenvalue weighted by Gasteiger charge is -2.05. The molecule has 0 saturated heterocycles. The van der Waals surface area contributed by atoms with Crippen LogP contribution in [-0.4, -0.2) is 21.2 Å². The van der Waals surface area contributed by atoms with Crippen molar-refractivity contribution >= 4 is 22.4 Å². The van der Waals surface area contributed by atoms with E-state index in [-0.39, 0.29) is 17.1 Å². The number of aromatic nitrogens is 1. The number of phenols is 1. The number of benzene rings is 1. The van der Waals surface area contributed by atoms with E-state index in [0.29, 0.717) is 10.8 Å². The summed E-state index contributed by atoms with van der Waals surface area (Å²) in [5.41, 5.74) is 5.71. The number of hydrogen-bond donors (Lipinski definition) is 3. The summed E-state index contributed by atoms with van der Waals surface area (Å²) in [6, 6.07) is 4.40. The van der Waals surface area contributed by atoms with Gasteiger partial charge >= 0.3 is 5.97 Å². The van der Waals surface area contributed by atoms with E-state index in [4.69, 9.17) is 10.8 Å². The molecule has 0 bridgehead atoms. The van der Waals surface area contributed by atoms with Crippen molar-refractivity contribution in [3.8, 4) is 5.75 Å². The molecule has 0 aliphatic carbocycles. The fourth-order valence-electron chi connectivity index (χ4n) is 1.44. The van der Waals surface area contributed by atoms with Gasteiger partial charge in [0, 0.05) is 17.0 Å². The van der Waals surface area contributed by atoms with Crippen LogP contribution in [0.4, 0.5) is 5.69 Å². The molecule has 0 aliphatic heterocycles. The van der Waals surface area contributed by atoms with Crippen molar-refractivity contribution in [3.63, 3.8) is 0 Å². The van der Waals surface area contributed by atoms with Gasteiger partial charge in [-0.3, -0.25) is 0 Å². The van der Waals surface area contributed by atoms with Crippen LogP contribution in [0.2, 0.25) is 0 Å². The van der Waals surface area contributed by atoms with Crippen molar-refractivity contribution in [2.45, 2.75) is 0 Å². The SMILES string of the molecule is Nc1c(O)ccc2c(C(=O)O)nccc12. The van der Waals surface area contributed by atoms with Gasteiger partial charge in [-0.15, -0.1) is 0 Å². The number of nitrogens with two attached hydrogens (primary N) is 1. The Bertz CT molecular complexity index is 552. The molecule has 76 valence electrons. The monoisotopic (exact) mass is 204 g/mol. The first-order valence-electron chi connectivity index (χ1n) is 4.20. The Morgan fingerprint density at radius 3 is 2.67 bits per heavy atom. The van der Waals surface area contributed by atoms with Crippen molar-refractivity contribution in [3.05, 3.63) is 30.1 Å². The van der Waals surface area contributed by atoms with E-state index < -0.39 is 5.97 Å². The minimum absolute atomic E-state index is 0.0648. The number of carboxylic acids is 1. The van der Waals surface area contributed by atoms with Gasteiger partial charge < -0.3 is 15.9 Å². The van der Waals surface area contributed by atoms with Crippen molar-refractivity contribution in [1.29, 1.82) is 0 Å². The normalized spacial score (nSPS) is 10.4. The molecule has 1 aromatic carbocycles. The van der Waals surface area contributed by atoms with Gasteiger partial charge in [0.2, 0.25) is 0 Å². The lowest BCUT2D eigenvalue weighted by molar-refractivity contribution is 0.0693. The maximum atomic E-state index is 10.8. The first-order valence-corrected chi connectivity index (χ1v) is 4.20. The van der Waals surface area contributed by atoms with Crippen LogP contribution in [0.5, 0.6) is 5.75 Å². The number of nitrogens with zero attached hydrogens (tertiary/aromatic N) is 1. The fraction of sp³-hybridized carbons (Fsp3) is 0. The number of phenolic OH excluding ortho intramolecular Hbond substituents is 1. The average molecular weight is 204 g/mol. The number of fused-ring (bicyclic) bond motifs is 1. The molecule has 5 nitrogen and oxygen atoms in total. The predicted octanol–water partition coefficient (Wildman–Crippen LogP) is 1.22. The summed E-state index contributed by atoms with van der Waals surface area (Å²) in [7, 11) is 0. The Kier molecular flexibility index (Phi) is 1.93. The molecule has 1 heterocycles. The maximum absolute atomic E-state index is 10.8. The van der Waals surface area contributed by atoms with Gasteiger partial charge in [0.1, 0.15) is 5.75 Å². The minimum Gasteiger partial charge on any atom is -0.506 e. The third-order valence-corrected chi connectivity index (χ3v) is 2.17. The number of pyridine rings is 1. The molecular formula is C10H8N2O3. The molecule has 0 amide bonds. The predicted molar refractivity (Wildman–Crippen MR) is 54.8 cm³/mol. The molecular weight excluding hydrogens is 196 g/mol. The lowest BCUT2D eigenvalue weighted by atomic mass is 10.1. The molecule has 15 heavy (non-hydrogen) atoms. The number of rotatable bonds is 1. The summed E-state index contributed by atoms with van der Waals surface area (Å²) < 4.78 is 0. The van der Waals surface area contributed by atoms with Crippen LogP contribution in [0, 0.1) is 0 Å². The lowest BCUT2D eigenvalue weighted by Crippen LogP contribution is -2.01. The van der Waals surface area contributed by atoms with E-state index in [9.17, 15) is 9.90 Å². The van der Waals surface area contributed by atoms with E-state index in [0.717, 1.165) is 0 Å². The quantitative estimate of drug-likeness (QED) is 0.479. The number of carboxylic acid groups (broad SMARTS) is 1. The number of carbonyl (C=O) groups is 1. The molecule has 0 saturated carbocycles. The second kappa shape index (κ2) is 3.13. The van der Waals surface area contributed by atoms with E-state index >= 15 is 0 Å². The van der Waals surface area contributed by atoms with E-state index in [1.807, 2.05) is 0 Å². The summed E-state index contributed by atoms with van der Waals surface area (Å²) >= 11 is 0. The highest BCUT2D eigenvalue weighted by Gasteiger charge is 2.12. The largest absolute Gasteiger partial charge is 0.506 e. The fourth-order valence-corrected chi connectivity index (χ4v) is 1.44.